The molecule has 4 nitrogen and oxygen atoms in total. The molecule has 1 amide bonds. The molecule has 14 heavy (non-hydrogen) atoms. The fourth-order valence-electron chi connectivity index (χ4n) is 1.76. The summed E-state index contributed by atoms with van der Waals surface area (Å²) >= 11 is 0. The Balaban J connectivity index is 2.35. The lowest BCUT2D eigenvalue weighted by atomic mass is 10.1. The van der Waals surface area contributed by atoms with Gasteiger partial charge in [-0.2, -0.15) is 0 Å². The van der Waals surface area contributed by atoms with Crippen molar-refractivity contribution in [3.8, 4) is 0 Å². The summed E-state index contributed by atoms with van der Waals surface area (Å²) in [7, 11) is 0. The Kier molecular flexibility index (Phi) is 1.87. The molecule has 0 aliphatic carbocycles. The smallest absolute Gasteiger partial charge is 0.290 e. The highest BCUT2D eigenvalue weighted by molar-refractivity contribution is 5.92. The first-order chi connectivity index (χ1) is 6.50. The Morgan fingerprint density at radius 3 is 2.71 bits per heavy atom. The van der Waals surface area contributed by atoms with Gasteiger partial charge in [0, 0.05) is 31.0 Å². The molecular formula is C10H15N3O. The number of nitrogens with zero attached hydrogens (tertiary/aromatic N) is 3. The second-order valence-electron chi connectivity index (χ2n) is 4.57. The first-order valence-corrected chi connectivity index (χ1v) is 4.83. The third-order valence-corrected chi connectivity index (χ3v) is 2.53. The molecule has 0 N–H and O–H groups in total. The molecule has 2 heterocycles. The Morgan fingerprint density at radius 1 is 1.36 bits per heavy atom. The van der Waals surface area contributed by atoms with Crippen molar-refractivity contribution in [1.82, 2.24) is 14.5 Å². The van der Waals surface area contributed by atoms with E-state index in [-0.39, 0.29) is 11.4 Å². The van der Waals surface area contributed by atoms with Crippen molar-refractivity contribution in [3.63, 3.8) is 0 Å². The monoisotopic (exact) mass is 193 g/mol. The van der Waals surface area contributed by atoms with E-state index in [1.165, 1.54) is 0 Å². The lowest BCUT2D eigenvalue weighted by Gasteiger charge is -2.38. The van der Waals surface area contributed by atoms with Crippen molar-refractivity contribution in [2.24, 2.45) is 0 Å². The van der Waals surface area contributed by atoms with Crippen LogP contribution in [0.3, 0.4) is 0 Å². The van der Waals surface area contributed by atoms with E-state index in [2.05, 4.69) is 4.98 Å². The van der Waals surface area contributed by atoms with Crippen molar-refractivity contribution in [2.75, 3.05) is 6.54 Å². The molecule has 0 bridgehead atoms. The third kappa shape index (κ3) is 1.31. The first-order valence-electron chi connectivity index (χ1n) is 4.83. The average Bonchev–Trinajstić information content (AvgIpc) is 2.50. The molecular weight excluding hydrogens is 178 g/mol. The predicted octanol–water partition coefficient (Wildman–Crippen LogP) is 1.14. The number of carbonyl (C=O) groups is 1. The number of fused-ring (bicyclic) bond motifs is 1. The standard InChI is InChI=1S/C10H15N3O/c1-10(2,3)13-7-6-12-5-4-11-8(12)9(13)14/h4-5H,6-7H2,1-3H3. The van der Waals surface area contributed by atoms with Crippen LogP contribution in [-0.4, -0.2) is 32.4 Å². The van der Waals surface area contributed by atoms with Crippen LogP contribution in [0.15, 0.2) is 12.4 Å². The number of aromatic nitrogens is 2. The highest BCUT2D eigenvalue weighted by atomic mass is 16.2. The number of amides is 1. The van der Waals surface area contributed by atoms with E-state index in [0.29, 0.717) is 5.82 Å². The van der Waals surface area contributed by atoms with Gasteiger partial charge in [0.1, 0.15) is 0 Å². The SMILES string of the molecule is CC(C)(C)N1CCn2ccnc2C1=O. The normalized spacial score (nSPS) is 17.1. The fraction of sp³-hybridized carbons (Fsp3) is 0.600. The van der Waals surface area contributed by atoms with Gasteiger partial charge in [-0.1, -0.05) is 0 Å². The number of hydrogen-bond acceptors (Lipinski definition) is 2. The minimum Gasteiger partial charge on any atom is -0.329 e. The van der Waals surface area contributed by atoms with Gasteiger partial charge >= 0.3 is 0 Å². The van der Waals surface area contributed by atoms with Crippen LogP contribution in [0.2, 0.25) is 0 Å². The summed E-state index contributed by atoms with van der Waals surface area (Å²) in [5.74, 6) is 0.597. The summed E-state index contributed by atoms with van der Waals surface area (Å²) in [4.78, 5) is 17.9. The molecule has 0 radical (unpaired) electrons. The van der Waals surface area contributed by atoms with Crippen LogP contribution in [0.5, 0.6) is 0 Å². The quantitative estimate of drug-likeness (QED) is 0.619. The Hall–Kier alpha value is -1.32. The van der Waals surface area contributed by atoms with E-state index in [4.69, 9.17) is 0 Å². The van der Waals surface area contributed by atoms with Gasteiger partial charge in [-0.05, 0) is 20.8 Å². The van der Waals surface area contributed by atoms with Crippen molar-refractivity contribution < 1.29 is 4.79 Å². The summed E-state index contributed by atoms with van der Waals surface area (Å²) < 4.78 is 1.91. The van der Waals surface area contributed by atoms with Crippen LogP contribution < -0.4 is 0 Å². The molecule has 0 fully saturated rings. The van der Waals surface area contributed by atoms with E-state index in [1.54, 1.807) is 6.20 Å². The van der Waals surface area contributed by atoms with Gasteiger partial charge in [-0.25, -0.2) is 4.98 Å². The zero-order valence-electron chi connectivity index (χ0n) is 8.82. The van der Waals surface area contributed by atoms with Crippen LogP contribution in [0.4, 0.5) is 0 Å². The topological polar surface area (TPSA) is 38.1 Å². The summed E-state index contributed by atoms with van der Waals surface area (Å²) in [5, 5.41) is 0. The number of carbonyl (C=O) groups excluding carboxylic acids is 1. The average molecular weight is 193 g/mol. The third-order valence-electron chi connectivity index (χ3n) is 2.53. The highest BCUT2D eigenvalue weighted by Crippen LogP contribution is 2.20. The van der Waals surface area contributed by atoms with E-state index >= 15 is 0 Å². The van der Waals surface area contributed by atoms with Gasteiger partial charge in [0.15, 0.2) is 5.82 Å². The molecule has 1 aromatic heterocycles. The molecule has 1 aromatic rings. The van der Waals surface area contributed by atoms with Crippen molar-refractivity contribution in [2.45, 2.75) is 32.9 Å². The zero-order valence-corrected chi connectivity index (χ0v) is 8.82. The maximum absolute atomic E-state index is 12.0. The zero-order chi connectivity index (χ0) is 10.3. The Labute approximate surface area is 83.5 Å². The summed E-state index contributed by atoms with van der Waals surface area (Å²) in [6.07, 6.45) is 3.53. The molecule has 76 valence electrons. The van der Waals surface area contributed by atoms with Gasteiger partial charge in [0.05, 0.1) is 0 Å². The molecule has 0 spiro atoms. The maximum atomic E-state index is 12.0. The minimum absolute atomic E-state index is 0.0359. The number of rotatable bonds is 0. The van der Waals surface area contributed by atoms with Gasteiger partial charge in [0.2, 0.25) is 0 Å². The highest BCUT2D eigenvalue weighted by Gasteiger charge is 2.32. The van der Waals surface area contributed by atoms with E-state index in [9.17, 15) is 4.79 Å². The molecule has 1 aliphatic heterocycles. The summed E-state index contributed by atoms with van der Waals surface area (Å²) in [6, 6.07) is 0. The van der Waals surface area contributed by atoms with Crippen molar-refractivity contribution in [1.29, 1.82) is 0 Å². The summed E-state index contributed by atoms with van der Waals surface area (Å²) in [6.45, 7) is 7.75. The summed E-state index contributed by atoms with van der Waals surface area (Å²) in [5.41, 5.74) is -0.117. The van der Waals surface area contributed by atoms with Gasteiger partial charge in [-0.3, -0.25) is 4.79 Å². The van der Waals surface area contributed by atoms with Gasteiger partial charge < -0.3 is 9.47 Å². The minimum atomic E-state index is -0.117. The van der Waals surface area contributed by atoms with Gasteiger partial charge in [0.25, 0.3) is 5.91 Å². The van der Waals surface area contributed by atoms with E-state index < -0.39 is 0 Å². The van der Waals surface area contributed by atoms with E-state index in [1.807, 2.05) is 36.4 Å². The van der Waals surface area contributed by atoms with Crippen LogP contribution in [0.1, 0.15) is 31.4 Å². The molecule has 0 saturated heterocycles. The number of hydrogen-bond donors (Lipinski definition) is 0. The van der Waals surface area contributed by atoms with Crippen LogP contribution in [0, 0.1) is 0 Å². The second kappa shape index (κ2) is 2.83. The van der Waals surface area contributed by atoms with Crippen LogP contribution in [-0.2, 0) is 6.54 Å². The Morgan fingerprint density at radius 2 is 2.07 bits per heavy atom. The molecule has 0 aromatic carbocycles. The molecule has 0 atom stereocenters. The predicted molar refractivity (Wildman–Crippen MR) is 53.0 cm³/mol. The van der Waals surface area contributed by atoms with Crippen molar-refractivity contribution in [3.05, 3.63) is 18.2 Å². The first kappa shape index (κ1) is 9.24. The maximum Gasteiger partial charge on any atom is 0.290 e. The second-order valence-corrected chi connectivity index (χ2v) is 4.57. The fourth-order valence-corrected chi connectivity index (χ4v) is 1.76. The Bertz CT molecular complexity index is 362. The lowest BCUT2D eigenvalue weighted by molar-refractivity contribution is 0.0506. The van der Waals surface area contributed by atoms with Gasteiger partial charge in [-0.15, -0.1) is 0 Å². The van der Waals surface area contributed by atoms with Crippen LogP contribution >= 0.6 is 0 Å². The molecule has 0 saturated carbocycles. The lowest BCUT2D eigenvalue weighted by Crippen LogP contribution is -2.50. The largest absolute Gasteiger partial charge is 0.329 e. The van der Waals surface area contributed by atoms with Crippen LogP contribution in [0.25, 0.3) is 0 Å². The van der Waals surface area contributed by atoms with Crippen molar-refractivity contribution >= 4 is 5.91 Å². The number of imidazole rings is 1. The van der Waals surface area contributed by atoms with E-state index in [0.717, 1.165) is 13.1 Å². The molecule has 2 rings (SSSR count). The molecule has 4 heteroatoms. The molecule has 0 unspecified atom stereocenters. The molecule has 1 aliphatic rings.